The first-order valence-corrected chi connectivity index (χ1v) is 5.42. The van der Waals surface area contributed by atoms with Crippen LogP contribution in [-0.4, -0.2) is 34.1 Å². The second-order valence-corrected chi connectivity index (χ2v) is 4.11. The third kappa shape index (κ3) is 1.91. The fourth-order valence-corrected chi connectivity index (χ4v) is 2.19. The first-order chi connectivity index (χ1) is 6.77. The van der Waals surface area contributed by atoms with Crippen LogP contribution in [0.15, 0.2) is 10.7 Å². The Hall–Kier alpha value is -1.01. The molecule has 0 radical (unpaired) electrons. The minimum atomic E-state index is -1.05. The Morgan fingerprint density at radius 1 is 1.79 bits per heavy atom. The van der Waals surface area contributed by atoms with Crippen molar-refractivity contribution in [2.45, 2.75) is 6.04 Å². The second kappa shape index (κ2) is 4.02. The molecule has 6 heteroatoms. The maximum absolute atomic E-state index is 10.5. The van der Waals surface area contributed by atoms with E-state index in [1.54, 1.807) is 11.8 Å². The Bertz CT molecular complexity index is 333. The van der Waals surface area contributed by atoms with Crippen molar-refractivity contribution >= 4 is 17.7 Å². The number of nitrogens with zero attached hydrogens (tertiary/aromatic N) is 1. The number of carbonyl (C=O) groups is 1. The van der Waals surface area contributed by atoms with Gasteiger partial charge >= 0.3 is 5.97 Å². The van der Waals surface area contributed by atoms with Crippen LogP contribution in [0.3, 0.4) is 0 Å². The van der Waals surface area contributed by atoms with Crippen LogP contribution < -0.4 is 5.32 Å². The van der Waals surface area contributed by atoms with Crippen LogP contribution in [0.4, 0.5) is 0 Å². The van der Waals surface area contributed by atoms with Crippen LogP contribution in [0.1, 0.15) is 22.4 Å². The normalized spacial score (nSPS) is 22.1. The molecule has 2 N–H and O–H groups in total. The molecule has 1 aliphatic heterocycles. The number of nitrogens with one attached hydrogen (secondary N) is 1. The van der Waals surface area contributed by atoms with Crippen molar-refractivity contribution in [3.8, 4) is 0 Å². The van der Waals surface area contributed by atoms with Crippen LogP contribution in [0.2, 0.25) is 0 Å². The van der Waals surface area contributed by atoms with E-state index in [9.17, 15) is 4.79 Å². The zero-order chi connectivity index (χ0) is 9.97. The third-order valence-corrected chi connectivity index (χ3v) is 3.02. The molecule has 0 spiro atoms. The highest BCUT2D eigenvalue weighted by Crippen LogP contribution is 2.21. The number of thioether (sulfide) groups is 1. The molecule has 1 unspecified atom stereocenters. The van der Waals surface area contributed by atoms with E-state index in [0.29, 0.717) is 5.89 Å². The molecule has 0 aliphatic carbocycles. The maximum atomic E-state index is 10.5. The molecule has 2 heterocycles. The molecule has 1 aromatic heterocycles. The first kappa shape index (κ1) is 9.54. The number of hydrogen-bond acceptors (Lipinski definition) is 5. The summed E-state index contributed by atoms with van der Waals surface area (Å²) in [4.78, 5) is 14.4. The standard InChI is InChI=1S/C8H10N2O3S/c11-8(12)5-3-13-7(10-5)6-4-14-2-1-9-6/h3,6,9H,1-2,4H2,(H,11,12). The number of aromatic carboxylic acids is 1. The number of rotatable bonds is 2. The predicted molar refractivity (Wildman–Crippen MR) is 51.5 cm³/mol. The average molecular weight is 214 g/mol. The number of carboxylic acid groups (broad SMARTS) is 1. The van der Waals surface area contributed by atoms with Crippen molar-refractivity contribution in [3.05, 3.63) is 17.8 Å². The van der Waals surface area contributed by atoms with E-state index in [0.717, 1.165) is 18.1 Å². The van der Waals surface area contributed by atoms with Gasteiger partial charge in [-0.2, -0.15) is 11.8 Å². The van der Waals surface area contributed by atoms with Gasteiger partial charge in [0, 0.05) is 18.1 Å². The fraction of sp³-hybridized carbons (Fsp3) is 0.500. The number of hydrogen-bond donors (Lipinski definition) is 2. The van der Waals surface area contributed by atoms with E-state index in [-0.39, 0.29) is 11.7 Å². The Kier molecular flexibility index (Phi) is 2.74. The Morgan fingerprint density at radius 2 is 2.64 bits per heavy atom. The number of aromatic nitrogens is 1. The monoisotopic (exact) mass is 214 g/mol. The number of carboxylic acids is 1. The van der Waals surface area contributed by atoms with Crippen LogP contribution in [0.25, 0.3) is 0 Å². The lowest BCUT2D eigenvalue weighted by Crippen LogP contribution is -2.30. The minimum Gasteiger partial charge on any atom is -0.476 e. The lowest BCUT2D eigenvalue weighted by molar-refractivity contribution is 0.0690. The summed E-state index contributed by atoms with van der Waals surface area (Å²) in [6, 6.07) is 0.0434. The molecule has 0 aromatic carbocycles. The van der Waals surface area contributed by atoms with Gasteiger partial charge in [0.25, 0.3) is 0 Å². The summed E-state index contributed by atoms with van der Waals surface area (Å²) in [5.41, 5.74) is -0.0302. The summed E-state index contributed by atoms with van der Waals surface area (Å²) < 4.78 is 5.10. The molecule has 5 nitrogen and oxygen atoms in total. The van der Waals surface area contributed by atoms with Crippen molar-refractivity contribution in [2.75, 3.05) is 18.1 Å². The van der Waals surface area contributed by atoms with Crippen LogP contribution >= 0.6 is 11.8 Å². The molecule has 0 amide bonds. The third-order valence-electron chi connectivity index (χ3n) is 1.96. The molecule has 0 bridgehead atoms. The van der Waals surface area contributed by atoms with Crippen LogP contribution in [-0.2, 0) is 0 Å². The van der Waals surface area contributed by atoms with Gasteiger partial charge in [-0.25, -0.2) is 9.78 Å². The Balaban J connectivity index is 2.11. The molecule has 76 valence electrons. The SMILES string of the molecule is O=C(O)c1coc(C2CSCCN2)n1. The highest BCUT2D eigenvalue weighted by molar-refractivity contribution is 7.99. The average Bonchev–Trinajstić information content (AvgIpc) is 2.68. The van der Waals surface area contributed by atoms with Crippen molar-refractivity contribution in [1.29, 1.82) is 0 Å². The molecule has 1 saturated heterocycles. The molecule has 0 saturated carbocycles. The minimum absolute atomic E-state index is 0.0302. The zero-order valence-corrected chi connectivity index (χ0v) is 8.21. The quantitative estimate of drug-likeness (QED) is 0.756. The van der Waals surface area contributed by atoms with Crippen molar-refractivity contribution in [3.63, 3.8) is 0 Å². The van der Waals surface area contributed by atoms with Gasteiger partial charge in [-0.1, -0.05) is 0 Å². The van der Waals surface area contributed by atoms with Gasteiger partial charge in [-0.3, -0.25) is 0 Å². The summed E-state index contributed by atoms with van der Waals surface area (Å²) in [5, 5.41) is 11.9. The maximum Gasteiger partial charge on any atom is 0.357 e. The first-order valence-electron chi connectivity index (χ1n) is 4.27. The molecule has 1 fully saturated rings. The topological polar surface area (TPSA) is 75.4 Å². The summed E-state index contributed by atoms with van der Waals surface area (Å²) >= 11 is 1.81. The largest absolute Gasteiger partial charge is 0.476 e. The zero-order valence-electron chi connectivity index (χ0n) is 7.40. The van der Waals surface area contributed by atoms with Crippen molar-refractivity contribution in [2.24, 2.45) is 0 Å². The number of oxazole rings is 1. The van der Waals surface area contributed by atoms with Gasteiger partial charge in [0.2, 0.25) is 5.89 Å². The highest BCUT2D eigenvalue weighted by atomic mass is 32.2. The molecule has 1 aromatic rings. The van der Waals surface area contributed by atoms with Gasteiger partial charge < -0.3 is 14.8 Å². The highest BCUT2D eigenvalue weighted by Gasteiger charge is 2.21. The lowest BCUT2D eigenvalue weighted by Gasteiger charge is -2.19. The Morgan fingerprint density at radius 3 is 3.21 bits per heavy atom. The van der Waals surface area contributed by atoms with Crippen molar-refractivity contribution < 1.29 is 14.3 Å². The molecule has 2 rings (SSSR count). The molecule has 14 heavy (non-hydrogen) atoms. The molecule has 1 aliphatic rings. The van der Waals surface area contributed by atoms with Crippen molar-refractivity contribution in [1.82, 2.24) is 10.3 Å². The summed E-state index contributed by atoms with van der Waals surface area (Å²) in [6.45, 7) is 0.903. The van der Waals surface area contributed by atoms with E-state index in [1.807, 2.05) is 0 Å². The molecule has 1 atom stereocenters. The van der Waals surface area contributed by atoms with E-state index < -0.39 is 5.97 Å². The van der Waals surface area contributed by atoms with E-state index in [2.05, 4.69) is 10.3 Å². The van der Waals surface area contributed by atoms with Gasteiger partial charge in [0.15, 0.2) is 5.69 Å². The molecular weight excluding hydrogens is 204 g/mol. The van der Waals surface area contributed by atoms with E-state index in [4.69, 9.17) is 9.52 Å². The lowest BCUT2D eigenvalue weighted by atomic mass is 10.3. The van der Waals surface area contributed by atoms with Gasteiger partial charge in [0.1, 0.15) is 6.26 Å². The van der Waals surface area contributed by atoms with Crippen LogP contribution in [0.5, 0.6) is 0 Å². The van der Waals surface area contributed by atoms with Crippen LogP contribution in [0, 0.1) is 0 Å². The van der Waals surface area contributed by atoms with Gasteiger partial charge in [-0.05, 0) is 0 Å². The summed E-state index contributed by atoms with van der Waals surface area (Å²) in [5.74, 6) is 1.36. The van der Waals surface area contributed by atoms with E-state index in [1.165, 1.54) is 6.26 Å². The fourth-order valence-electron chi connectivity index (χ4n) is 1.27. The van der Waals surface area contributed by atoms with Gasteiger partial charge in [-0.15, -0.1) is 0 Å². The smallest absolute Gasteiger partial charge is 0.357 e. The summed E-state index contributed by atoms with van der Waals surface area (Å²) in [6.07, 6.45) is 1.18. The van der Waals surface area contributed by atoms with E-state index >= 15 is 0 Å². The predicted octanol–water partition coefficient (Wildman–Crippen LogP) is 0.750. The van der Waals surface area contributed by atoms with Gasteiger partial charge in [0.05, 0.1) is 6.04 Å². The second-order valence-electron chi connectivity index (χ2n) is 2.96. The Labute approximate surface area is 84.9 Å². The molecular formula is C8H10N2O3S. The summed E-state index contributed by atoms with van der Waals surface area (Å²) in [7, 11) is 0.